The molecule has 2 heteroatoms. The maximum absolute atomic E-state index is 6.48. The van der Waals surface area contributed by atoms with Gasteiger partial charge in [0.25, 0.3) is 0 Å². The Bertz CT molecular complexity index is 3370. The Labute approximate surface area is 351 Å². The Morgan fingerprint density at radius 2 is 0.900 bits per heavy atom. The molecule has 0 saturated heterocycles. The van der Waals surface area contributed by atoms with Crippen LogP contribution in [0.1, 0.15) is 49.9 Å². The van der Waals surface area contributed by atoms with E-state index in [1.807, 2.05) is 6.07 Å². The highest BCUT2D eigenvalue weighted by atomic mass is 16.3. The van der Waals surface area contributed by atoms with Crippen LogP contribution < -0.4 is 4.90 Å². The van der Waals surface area contributed by atoms with Crippen molar-refractivity contribution in [2.24, 2.45) is 0 Å². The lowest BCUT2D eigenvalue weighted by molar-refractivity contribution is 0.660. The van der Waals surface area contributed by atoms with Gasteiger partial charge in [0.2, 0.25) is 0 Å². The van der Waals surface area contributed by atoms with Crippen molar-refractivity contribution >= 4 is 49.8 Å². The van der Waals surface area contributed by atoms with E-state index in [0.29, 0.717) is 0 Å². The predicted octanol–water partition coefficient (Wildman–Crippen LogP) is 16.2. The van der Waals surface area contributed by atoms with Gasteiger partial charge in [-0.2, -0.15) is 0 Å². The molecule has 286 valence electrons. The maximum Gasteiger partial charge on any atom is 0.143 e. The summed E-state index contributed by atoms with van der Waals surface area (Å²) in [5.74, 6) is 0. The van der Waals surface area contributed by atoms with Gasteiger partial charge in [-0.3, -0.25) is 0 Å². The van der Waals surface area contributed by atoms with Crippen molar-refractivity contribution in [2.75, 3.05) is 4.90 Å². The van der Waals surface area contributed by atoms with Crippen molar-refractivity contribution in [3.8, 4) is 44.5 Å². The molecule has 0 amide bonds. The van der Waals surface area contributed by atoms with E-state index in [0.717, 1.165) is 50.1 Å². The van der Waals surface area contributed by atoms with Crippen molar-refractivity contribution in [1.82, 2.24) is 0 Å². The molecule has 60 heavy (non-hydrogen) atoms. The fourth-order valence-electron chi connectivity index (χ4n) is 10.7. The van der Waals surface area contributed by atoms with Gasteiger partial charge in [-0.1, -0.05) is 167 Å². The van der Waals surface area contributed by atoms with Crippen LogP contribution in [-0.4, -0.2) is 0 Å². The maximum atomic E-state index is 6.48. The smallest absolute Gasteiger partial charge is 0.143 e. The first-order chi connectivity index (χ1) is 29.3. The fraction of sp³-hybridized carbons (Fsp3) is 0.103. The molecule has 0 atom stereocenters. The summed E-state index contributed by atoms with van der Waals surface area (Å²) in [5, 5.41) is 4.90. The molecule has 0 radical (unpaired) electrons. The van der Waals surface area contributed by atoms with E-state index in [1.165, 1.54) is 66.4 Å². The van der Waals surface area contributed by atoms with Crippen molar-refractivity contribution in [2.45, 2.75) is 38.5 Å². The van der Waals surface area contributed by atoms with Crippen LogP contribution in [-0.2, 0) is 10.8 Å². The Hall–Kier alpha value is -7.16. The zero-order valence-electron chi connectivity index (χ0n) is 34.3. The Kier molecular flexibility index (Phi) is 7.36. The van der Waals surface area contributed by atoms with Gasteiger partial charge in [0.05, 0.1) is 0 Å². The van der Waals surface area contributed by atoms with E-state index >= 15 is 0 Å². The van der Waals surface area contributed by atoms with E-state index < -0.39 is 0 Å². The molecule has 12 rings (SSSR count). The zero-order valence-corrected chi connectivity index (χ0v) is 34.3. The molecule has 0 fully saturated rings. The molecule has 2 aliphatic rings. The van der Waals surface area contributed by atoms with Gasteiger partial charge in [0, 0.05) is 44.2 Å². The van der Waals surface area contributed by atoms with Crippen molar-refractivity contribution in [3.05, 3.63) is 210 Å². The van der Waals surface area contributed by atoms with E-state index in [9.17, 15) is 0 Å². The molecule has 9 aromatic carbocycles. The minimum Gasteiger partial charge on any atom is -0.455 e. The summed E-state index contributed by atoms with van der Waals surface area (Å²) in [5.41, 5.74) is 20.4. The molecule has 0 spiro atoms. The van der Waals surface area contributed by atoms with Gasteiger partial charge in [-0.25, -0.2) is 0 Å². The molecule has 10 aromatic rings. The first-order valence-corrected chi connectivity index (χ1v) is 21.1. The Balaban J connectivity index is 1.03. The molecule has 0 N–H and O–H groups in total. The topological polar surface area (TPSA) is 16.4 Å². The Morgan fingerprint density at radius 1 is 0.350 bits per heavy atom. The average molecular weight is 770 g/mol. The lowest BCUT2D eigenvalue weighted by Crippen LogP contribution is -2.18. The van der Waals surface area contributed by atoms with Crippen LogP contribution in [0.4, 0.5) is 17.1 Å². The van der Waals surface area contributed by atoms with Crippen LogP contribution in [0, 0.1) is 0 Å². The SMILES string of the molecule is CC1(C)c2ccccc2-c2ccc(N(c3ccc(-c4cccc5c4oc4ccccc45)cc3)c3ccc4c(c3)C(C)(C)c3c-4cc(-c4ccccc4)c4ccccc34)cc21. The van der Waals surface area contributed by atoms with Gasteiger partial charge in [0.15, 0.2) is 0 Å². The van der Waals surface area contributed by atoms with Gasteiger partial charge >= 0.3 is 0 Å². The summed E-state index contributed by atoms with van der Waals surface area (Å²) in [6.45, 7) is 9.54. The summed E-state index contributed by atoms with van der Waals surface area (Å²) < 4.78 is 6.48. The second-order valence-corrected chi connectivity index (χ2v) is 17.7. The summed E-state index contributed by atoms with van der Waals surface area (Å²) in [6.07, 6.45) is 0. The van der Waals surface area contributed by atoms with E-state index in [4.69, 9.17) is 4.42 Å². The highest BCUT2D eigenvalue weighted by Crippen LogP contribution is 2.55. The van der Waals surface area contributed by atoms with E-state index in [1.54, 1.807) is 0 Å². The van der Waals surface area contributed by atoms with Crippen LogP contribution >= 0.6 is 0 Å². The third-order valence-electron chi connectivity index (χ3n) is 13.6. The highest BCUT2D eigenvalue weighted by molar-refractivity contribution is 6.10. The number of rotatable bonds is 5. The molecular formula is C58H43NO. The minimum absolute atomic E-state index is 0.123. The number of anilines is 3. The monoisotopic (exact) mass is 769 g/mol. The van der Waals surface area contributed by atoms with Crippen LogP contribution in [0.2, 0.25) is 0 Å². The molecule has 2 nitrogen and oxygen atoms in total. The lowest BCUT2D eigenvalue weighted by Gasteiger charge is -2.30. The predicted molar refractivity (Wildman–Crippen MR) is 252 cm³/mol. The molecule has 2 aliphatic carbocycles. The largest absolute Gasteiger partial charge is 0.455 e. The first kappa shape index (κ1) is 34.8. The molecular weight excluding hydrogens is 727 g/mol. The third kappa shape index (κ3) is 4.94. The number of benzene rings is 9. The number of para-hydroxylation sites is 2. The van der Waals surface area contributed by atoms with Crippen molar-refractivity contribution in [3.63, 3.8) is 0 Å². The highest BCUT2D eigenvalue weighted by Gasteiger charge is 2.39. The summed E-state index contributed by atoms with van der Waals surface area (Å²) >= 11 is 0. The van der Waals surface area contributed by atoms with Crippen LogP contribution in [0.3, 0.4) is 0 Å². The van der Waals surface area contributed by atoms with Crippen LogP contribution in [0.25, 0.3) is 77.2 Å². The standard InChI is InChI=1S/C58H43NO/c1-57(2)51-23-12-10-18-43(51)44-31-29-39(33-52(44)57)59(38-27-25-37(26-28-38)41-21-14-22-48-46-19-11-13-24-54(46)60-56(41)48)40-30-32-45-50-35-49(36-15-6-5-7-16-36)42-17-8-9-20-47(42)55(50)58(3,4)53(45)34-40/h5-35H,1-4H3. The molecule has 0 bridgehead atoms. The van der Waals surface area contributed by atoms with Gasteiger partial charge in [-0.05, 0) is 121 Å². The van der Waals surface area contributed by atoms with Gasteiger partial charge < -0.3 is 9.32 Å². The second-order valence-electron chi connectivity index (χ2n) is 17.7. The normalized spacial score (nSPS) is 14.3. The minimum atomic E-state index is -0.224. The second kappa shape index (κ2) is 12.7. The molecule has 0 aliphatic heterocycles. The van der Waals surface area contributed by atoms with E-state index in [-0.39, 0.29) is 10.8 Å². The third-order valence-corrected chi connectivity index (χ3v) is 13.6. The number of hydrogen-bond acceptors (Lipinski definition) is 2. The average Bonchev–Trinajstić information content (AvgIpc) is 3.86. The number of fused-ring (bicyclic) bond motifs is 11. The van der Waals surface area contributed by atoms with E-state index in [2.05, 4.69) is 215 Å². The van der Waals surface area contributed by atoms with Crippen LogP contribution in [0.5, 0.6) is 0 Å². The first-order valence-electron chi connectivity index (χ1n) is 21.1. The zero-order chi connectivity index (χ0) is 40.3. The van der Waals surface area contributed by atoms with Crippen LogP contribution in [0.15, 0.2) is 192 Å². The van der Waals surface area contributed by atoms with Gasteiger partial charge in [-0.15, -0.1) is 0 Å². The van der Waals surface area contributed by atoms with Crippen molar-refractivity contribution < 1.29 is 4.42 Å². The number of furan rings is 1. The Morgan fingerprint density at radius 3 is 1.67 bits per heavy atom. The number of nitrogens with zero attached hydrogens (tertiary/aromatic N) is 1. The fourth-order valence-corrected chi connectivity index (χ4v) is 10.7. The lowest BCUT2D eigenvalue weighted by atomic mass is 9.79. The number of hydrogen-bond donors (Lipinski definition) is 0. The molecule has 0 saturated carbocycles. The quantitative estimate of drug-likeness (QED) is 0.173. The summed E-state index contributed by atoms with van der Waals surface area (Å²) in [7, 11) is 0. The van der Waals surface area contributed by atoms with Crippen molar-refractivity contribution in [1.29, 1.82) is 0 Å². The summed E-state index contributed by atoms with van der Waals surface area (Å²) in [6, 6.07) is 69.2. The molecule has 0 unspecified atom stereocenters. The van der Waals surface area contributed by atoms with Gasteiger partial charge in [0.1, 0.15) is 11.2 Å². The molecule has 1 heterocycles. The summed E-state index contributed by atoms with van der Waals surface area (Å²) in [4.78, 5) is 2.46. The molecule has 1 aromatic heterocycles.